The average Bonchev–Trinajstić information content (AvgIpc) is 2.66. The van der Waals surface area contributed by atoms with E-state index in [-0.39, 0.29) is 6.03 Å². The maximum atomic E-state index is 12.9. The summed E-state index contributed by atoms with van der Waals surface area (Å²) in [5, 5.41) is 2.92. The molecule has 1 aromatic heterocycles. The third-order valence-corrected chi connectivity index (χ3v) is 4.23. The number of fused-ring (bicyclic) bond motifs is 1. The van der Waals surface area contributed by atoms with Gasteiger partial charge in [0.1, 0.15) is 11.5 Å². The number of ether oxygens (including phenoxy) is 2. The Morgan fingerprint density at radius 3 is 2.80 bits per heavy atom. The summed E-state index contributed by atoms with van der Waals surface area (Å²) < 4.78 is 10.6. The van der Waals surface area contributed by atoms with Gasteiger partial charge in [-0.15, -0.1) is 0 Å². The van der Waals surface area contributed by atoms with Gasteiger partial charge in [-0.1, -0.05) is 0 Å². The van der Waals surface area contributed by atoms with Crippen LogP contribution in [0.5, 0.6) is 11.5 Å². The van der Waals surface area contributed by atoms with Gasteiger partial charge in [-0.25, -0.2) is 9.78 Å². The molecule has 0 spiro atoms. The summed E-state index contributed by atoms with van der Waals surface area (Å²) in [4.78, 5) is 21.2. The monoisotopic (exact) mass is 342 g/mol. The van der Waals surface area contributed by atoms with Crippen LogP contribution < -0.4 is 24.6 Å². The maximum Gasteiger partial charge on any atom is 0.326 e. The van der Waals surface area contributed by atoms with Gasteiger partial charge in [0, 0.05) is 31.9 Å². The number of urea groups is 1. The summed E-state index contributed by atoms with van der Waals surface area (Å²) in [6, 6.07) is 8.81. The molecule has 1 N–H and O–H groups in total. The summed E-state index contributed by atoms with van der Waals surface area (Å²) in [5.41, 5.74) is 1.37. The zero-order chi connectivity index (χ0) is 17.8. The Morgan fingerprint density at radius 1 is 1.24 bits per heavy atom. The second-order valence-electron chi connectivity index (χ2n) is 5.57. The third kappa shape index (κ3) is 3.31. The number of rotatable bonds is 4. The quantitative estimate of drug-likeness (QED) is 0.925. The fraction of sp³-hybridized carbons (Fsp3) is 0.333. The fourth-order valence-corrected chi connectivity index (χ4v) is 2.90. The lowest BCUT2D eigenvalue weighted by Gasteiger charge is -2.36. The minimum absolute atomic E-state index is 0.225. The van der Waals surface area contributed by atoms with Crippen LogP contribution in [0.4, 0.5) is 22.0 Å². The van der Waals surface area contributed by atoms with Crippen molar-refractivity contribution < 1.29 is 14.3 Å². The van der Waals surface area contributed by atoms with Gasteiger partial charge < -0.3 is 19.7 Å². The van der Waals surface area contributed by atoms with Crippen LogP contribution in [-0.2, 0) is 0 Å². The van der Waals surface area contributed by atoms with Crippen molar-refractivity contribution >= 4 is 23.2 Å². The van der Waals surface area contributed by atoms with E-state index in [1.54, 1.807) is 43.5 Å². The van der Waals surface area contributed by atoms with Gasteiger partial charge in [0.05, 0.1) is 25.6 Å². The number of methoxy groups -OCH3 is 2. The summed E-state index contributed by atoms with van der Waals surface area (Å²) in [5.74, 6) is 2.05. The number of carbonyl (C=O) groups is 1. The summed E-state index contributed by atoms with van der Waals surface area (Å²) in [6.45, 7) is 4.26. The number of nitrogens with one attached hydrogen (secondary N) is 1. The lowest BCUT2D eigenvalue weighted by atomic mass is 10.2. The van der Waals surface area contributed by atoms with Gasteiger partial charge in [-0.05, 0) is 31.2 Å². The molecular formula is C18H22N4O3. The highest BCUT2D eigenvalue weighted by molar-refractivity contribution is 6.04. The molecule has 0 bridgehead atoms. The Morgan fingerprint density at radius 2 is 2.08 bits per heavy atom. The van der Waals surface area contributed by atoms with Crippen LogP contribution in [-0.4, -0.2) is 44.9 Å². The SMILES string of the molecule is CCN1CCN(C(=O)Nc2cc(OC)ccc2OC)c2cccnc21. The molecule has 1 aliphatic rings. The third-order valence-electron chi connectivity index (χ3n) is 4.23. The largest absolute Gasteiger partial charge is 0.497 e. The minimum Gasteiger partial charge on any atom is -0.497 e. The van der Waals surface area contributed by atoms with Crippen LogP contribution in [0.25, 0.3) is 0 Å². The summed E-state index contributed by atoms with van der Waals surface area (Å²) in [7, 11) is 3.15. The van der Waals surface area contributed by atoms with E-state index in [2.05, 4.69) is 22.1 Å². The number of nitrogens with zero attached hydrogens (tertiary/aromatic N) is 3. The Hall–Kier alpha value is -2.96. The van der Waals surface area contributed by atoms with Gasteiger partial charge in [-0.3, -0.25) is 4.90 Å². The Bertz CT molecular complexity index is 766. The molecule has 0 unspecified atom stereocenters. The molecule has 1 aliphatic heterocycles. The molecule has 0 atom stereocenters. The number of benzene rings is 1. The molecule has 2 aromatic rings. The number of pyridine rings is 1. The zero-order valence-electron chi connectivity index (χ0n) is 14.7. The molecule has 1 aromatic carbocycles. The fourth-order valence-electron chi connectivity index (χ4n) is 2.90. The first-order valence-electron chi connectivity index (χ1n) is 8.18. The van der Waals surface area contributed by atoms with Gasteiger partial charge in [0.25, 0.3) is 0 Å². The number of aromatic nitrogens is 1. The minimum atomic E-state index is -0.225. The molecule has 132 valence electrons. The van der Waals surface area contributed by atoms with Crippen molar-refractivity contribution in [1.29, 1.82) is 0 Å². The standard InChI is InChI=1S/C18H22N4O3/c1-4-21-10-11-22(15-6-5-9-19-17(15)21)18(23)20-14-12-13(24-2)7-8-16(14)25-3/h5-9,12H,4,10-11H2,1-3H3,(H,20,23). The van der Waals surface area contributed by atoms with Gasteiger partial charge in [0.2, 0.25) is 0 Å². The number of hydrogen-bond donors (Lipinski definition) is 1. The summed E-state index contributed by atoms with van der Waals surface area (Å²) >= 11 is 0. The Balaban J connectivity index is 1.87. The van der Waals surface area contributed by atoms with Crippen molar-refractivity contribution in [2.45, 2.75) is 6.92 Å². The number of amides is 2. The lowest BCUT2D eigenvalue weighted by molar-refractivity contribution is 0.256. The van der Waals surface area contributed by atoms with E-state index in [9.17, 15) is 4.79 Å². The molecule has 7 nitrogen and oxygen atoms in total. The molecule has 0 aliphatic carbocycles. The first-order chi connectivity index (χ1) is 12.2. The number of hydrogen-bond acceptors (Lipinski definition) is 5. The van der Waals surface area contributed by atoms with E-state index in [0.29, 0.717) is 23.7 Å². The van der Waals surface area contributed by atoms with E-state index in [1.807, 2.05) is 12.1 Å². The smallest absolute Gasteiger partial charge is 0.326 e. The van der Waals surface area contributed by atoms with E-state index >= 15 is 0 Å². The van der Waals surface area contributed by atoms with Crippen LogP contribution in [0.2, 0.25) is 0 Å². The van der Waals surface area contributed by atoms with Crippen LogP contribution in [0.15, 0.2) is 36.5 Å². The predicted molar refractivity (Wildman–Crippen MR) is 98.0 cm³/mol. The molecule has 0 saturated heterocycles. The zero-order valence-corrected chi connectivity index (χ0v) is 14.7. The molecule has 3 rings (SSSR count). The molecule has 0 fully saturated rings. The molecule has 7 heteroatoms. The Labute approximate surface area is 147 Å². The predicted octanol–water partition coefficient (Wildman–Crippen LogP) is 2.98. The normalized spacial score (nSPS) is 13.2. The number of anilines is 3. The average molecular weight is 342 g/mol. The van der Waals surface area contributed by atoms with Crippen molar-refractivity contribution in [3.63, 3.8) is 0 Å². The lowest BCUT2D eigenvalue weighted by Crippen LogP contribution is -2.46. The van der Waals surface area contributed by atoms with Crippen LogP contribution in [0.1, 0.15) is 6.92 Å². The second-order valence-corrected chi connectivity index (χ2v) is 5.57. The van der Waals surface area contributed by atoms with Crippen molar-refractivity contribution in [2.24, 2.45) is 0 Å². The van der Waals surface area contributed by atoms with Crippen molar-refractivity contribution in [3.05, 3.63) is 36.5 Å². The Kier molecular flexibility index (Phi) is 4.92. The number of likely N-dealkylation sites (N-methyl/N-ethyl adjacent to an activating group) is 1. The van der Waals surface area contributed by atoms with Crippen molar-refractivity contribution in [2.75, 3.05) is 49.0 Å². The maximum absolute atomic E-state index is 12.9. The van der Waals surface area contributed by atoms with Crippen LogP contribution >= 0.6 is 0 Å². The highest BCUT2D eigenvalue weighted by atomic mass is 16.5. The van der Waals surface area contributed by atoms with E-state index in [4.69, 9.17) is 9.47 Å². The molecule has 0 saturated carbocycles. The summed E-state index contributed by atoms with van der Waals surface area (Å²) in [6.07, 6.45) is 1.74. The molecule has 25 heavy (non-hydrogen) atoms. The van der Waals surface area contributed by atoms with Gasteiger partial charge >= 0.3 is 6.03 Å². The first kappa shape index (κ1) is 16.9. The van der Waals surface area contributed by atoms with Crippen molar-refractivity contribution in [3.8, 4) is 11.5 Å². The van der Waals surface area contributed by atoms with E-state index in [1.165, 1.54) is 0 Å². The highest BCUT2D eigenvalue weighted by Crippen LogP contribution is 2.33. The van der Waals surface area contributed by atoms with Crippen LogP contribution in [0.3, 0.4) is 0 Å². The van der Waals surface area contributed by atoms with E-state index in [0.717, 1.165) is 24.6 Å². The topological polar surface area (TPSA) is 66.9 Å². The van der Waals surface area contributed by atoms with E-state index < -0.39 is 0 Å². The first-order valence-corrected chi connectivity index (χ1v) is 8.18. The number of carbonyl (C=O) groups excluding carboxylic acids is 1. The molecular weight excluding hydrogens is 320 g/mol. The molecule has 2 amide bonds. The van der Waals surface area contributed by atoms with Gasteiger partial charge in [-0.2, -0.15) is 0 Å². The molecule has 2 heterocycles. The highest BCUT2D eigenvalue weighted by Gasteiger charge is 2.27. The van der Waals surface area contributed by atoms with Crippen LogP contribution in [0, 0.1) is 0 Å². The van der Waals surface area contributed by atoms with Gasteiger partial charge in [0.15, 0.2) is 5.82 Å². The second kappa shape index (κ2) is 7.29. The van der Waals surface area contributed by atoms with Crippen molar-refractivity contribution in [1.82, 2.24) is 4.98 Å². The molecule has 0 radical (unpaired) electrons.